The van der Waals surface area contributed by atoms with Gasteiger partial charge in [0, 0.05) is 24.6 Å². The Kier molecular flexibility index (Phi) is 3.77. The third kappa shape index (κ3) is 2.89. The van der Waals surface area contributed by atoms with Crippen molar-refractivity contribution in [2.45, 2.75) is 25.9 Å². The van der Waals surface area contributed by atoms with Crippen molar-refractivity contribution in [2.24, 2.45) is 0 Å². The Hall–Kier alpha value is -2.12. The van der Waals surface area contributed by atoms with Crippen LogP contribution in [-0.4, -0.2) is 24.9 Å². The van der Waals surface area contributed by atoms with E-state index in [0.29, 0.717) is 16.6 Å². The van der Waals surface area contributed by atoms with Crippen LogP contribution in [0.25, 0.3) is 16.7 Å². The minimum absolute atomic E-state index is 0.211. The van der Waals surface area contributed by atoms with Gasteiger partial charge in [-0.15, -0.1) is 0 Å². The first-order chi connectivity index (χ1) is 10.8. The Morgan fingerprint density at radius 1 is 1.35 bits per heavy atom. The number of aromatic nitrogens is 4. The quantitative estimate of drug-likeness (QED) is 0.741. The molecule has 3 heterocycles. The Bertz CT molecular complexity index is 874. The molecule has 0 bridgehead atoms. The largest absolute Gasteiger partial charge is 0.387 e. The molecule has 0 amide bonds. The maximum Gasteiger partial charge on any atom is 0.287 e. The third-order valence-corrected chi connectivity index (χ3v) is 3.56. The second kappa shape index (κ2) is 5.50. The summed E-state index contributed by atoms with van der Waals surface area (Å²) >= 11 is 5.92. The normalized spacial score (nSPS) is 13.5. The minimum atomic E-state index is -3.06. The van der Waals surface area contributed by atoms with Gasteiger partial charge in [0.05, 0.1) is 11.6 Å². The summed E-state index contributed by atoms with van der Waals surface area (Å²) < 4.78 is 28.4. The lowest BCUT2D eigenvalue weighted by molar-refractivity contribution is 0.0127. The van der Waals surface area contributed by atoms with E-state index >= 15 is 0 Å². The Balaban J connectivity index is 2.26. The van der Waals surface area contributed by atoms with E-state index in [2.05, 4.69) is 15.1 Å². The highest BCUT2D eigenvalue weighted by molar-refractivity contribution is 6.30. The fourth-order valence-electron chi connectivity index (χ4n) is 2.28. The summed E-state index contributed by atoms with van der Waals surface area (Å²) in [4.78, 5) is 7.95. The summed E-state index contributed by atoms with van der Waals surface area (Å²) in [7, 11) is 0. The molecule has 0 aromatic carbocycles. The molecule has 0 spiro atoms. The molecule has 0 saturated heterocycles. The number of aliphatic hydroxyl groups excluding tert-OH is 1. The van der Waals surface area contributed by atoms with Gasteiger partial charge in [0.15, 0.2) is 5.82 Å². The number of fused-ring (bicyclic) bond motifs is 1. The van der Waals surface area contributed by atoms with Gasteiger partial charge in [-0.05, 0) is 19.1 Å². The number of halogens is 3. The molecular formula is C15H13ClF2N4O. The molecule has 0 aliphatic rings. The van der Waals surface area contributed by atoms with E-state index in [4.69, 9.17) is 11.6 Å². The van der Waals surface area contributed by atoms with Gasteiger partial charge in [0.1, 0.15) is 16.5 Å². The van der Waals surface area contributed by atoms with Crippen LogP contribution in [0.1, 0.15) is 31.3 Å². The molecule has 0 fully saturated rings. The summed E-state index contributed by atoms with van der Waals surface area (Å²) in [6.07, 6.45) is 0.638. The van der Waals surface area contributed by atoms with E-state index in [9.17, 15) is 13.9 Å². The highest BCUT2D eigenvalue weighted by Crippen LogP contribution is 2.29. The minimum Gasteiger partial charge on any atom is -0.387 e. The molecule has 0 aliphatic heterocycles. The number of hydrogen-bond donors (Lipinski definition) is 1. The van der Waals surface area contributed by atoms with E-state index in [0.717, 1.165) is 6.92 Å². The van der Waals surface area contributed by atoms with Crippen LogP contribution in [0, 0.1) is 0 Å². The molecule has 120 valence electrons. The summed E-state index contributed by atoms with van der Waals surface area (Å²) in [6.45, 7) is 2.34. The maximum absolute atomic E-state index is 13.5. The molecule has 23 heavy (non-hydrogen) atoms. The molecule has 0 aliphatic carbocycles. The Labute approximate surface area is 135 Å². The third-order valence-electron chi connectivity index (χ3n) is 3.36. The lowest BCUT2D eigenvalue weighted by atomic mass is 10.2. The molecule has 3 aromatic heterocycles. The highest BCUT2D eigenvalue weighted by atomic mass is 35.5. The molecule has 1 unspecified atom stereocenters. The molecule has 0 radical (unpaired) electrons. The first kappa shape index (κ1) is 15.8. The van der Waals surface area contributed by atoms with Gasteiger partial charge < -0.3 is 5.11 Å². The van der Waals surface area contributed by atoms with Crippen molar-refractivity contribution >= 4 is 22.5 Å². The predicted molar refractivity (Wildman–Crippen MR) is 81.9 cm³/mol. The van der Waals surface area contributed by atoms with E-state index < -0.39 is 12.0 Å². The molecule has 8 heteroatoms. The molecular weight excluding hydrogens is 326 g/mol. The summed E-state index contributed by atoms with van der Waals surface area (Å²) in [5, 5.41) is 15.0. The molecule has 3 rings (SSSR count). The fraction of sp³-hybridized carbons (Fsp3) is 0.267. The predicted octanol–water partition coefficient (Wildman–Crippen LogP) is 3.63. The Morgan fingerprint density at radius 3 is 2.74 bits per heavy atom. The van der Waals surface area contributed by atoms with Gasteiger partial charge in [-0.2, -0.15) is 13.9 Å². The van der Waals surface area contributed by atoms with Crippen LogP contribution in [0.3, 0.4) is 0 Å². The summed E-state index contributed by atoms with van der Waals surface area (Å²) in [6, 6.07) is 5.84. The molecule has 1 atom stereocenters. The number of hydrogen-bond acceptors (Lipinski definition) is 4. The van der Waals surface area contributed by atoms with Crippen LogP contribution in [0.15, 0.2) is 30.5 Å². The zero-order valence-electron chi connectivity index (χ0n) is 12.3. The van der Waals surface area contributed by atoms with Gasteiger partial charge in [0.2, 0.25) is 0 Å². The van der Waals surface area contributed by atoms with Crippen molar-refractivity contribution in [3.63, 3.8) is 0 Å². The number of rotatable bonds is 3. The second-order valence-electron chi connectivity index (χ2n) is 5.27. The average Bonchev–Trinajstić information content (AvgIpc) is 2.85. The van der Waals surface area contributed by atoms with Crippen molar-refractivity contribution in [3.05, 3.63) is 47.0 Å². The van der Waals surface area contributed by atoms with Crippen molar-refractivity contribution < 1.29 is 13.9 Å². The SMILES string of the molecule is CC(O)c1nn(-c2cccc(C(C)(F)F)n2)c2cc(Cl)ncc12. The highest BCUT2D eigenvalue weighted by Gasteiger charge is 2.27. The topological polar surface area (TPSA) is 63.8 Å². The zero-order chi connectivity index (χ0) is 16.8. The molecule has 0 saturated carbocycles. The number of nitrogens with zero attached hydrogens (tertiary/aromatic N) is 4. The summed E-state index contributed by atoms with van der Waals surface area (Å²) in [5.41, 5.74) is 0.544. The van der Waals surface area contributed by atoms with Gasteiger partial charge in [-0.3, -0.25) is 0 Å². The van der Waals surface area contributed by atoms with Crippen LogP contribution >= 0.6 is 11.6 Å². The van der Waals surface area contributed by atoms with Crippen LogP contribution in [0.2, 0.25) is 5.15 Å². The van der Waals surface area contributed by atoms with Crippen LogP contribution in [0.5, 0.6) is 0 Å². The number of pyridine rings is 2. The van der Waals surface area contributed by atoms with Crippen LogP contribution in [-0.2, 0) is 5.92 Å². The Morgan fingerprint density at radius 2 is 2.09 bits per heavy atom. The van der Waals surface area contributed by atoms with Gasteiger partial charge in [-0.1, -0.05) is 17.7 Å². The van der Waals surface area contributed by atoms with Gasteiger partial charge >= 0.3 is 0 Å². The molecule has 1 N–H and O–H groups in total. The monoisotopic (exact) mass is 338 g/mol. The smallest absolute Gasteiger partial charge is 0.287 e. The maximum atomic E-state index is 13.5. The fourth-order valence-corrected chi connectivity index (χ4v) is 2.43. The first-order valence-corrected chi connectivity index (χ1v) is 7.23. The average molecular weight is 339 g/mol. The lowest BCUT2D eigenvalue weighted by Gasteiger charge is -2.11. The van der Waals surface area contributed by atoms with E-state index in [1.807, 2.05) is 0 Å². The van der Waals surface area contributed by atoms with Crippen molar-refractivity contribution in [1.82, 2.24) is 19.7 Å². The first-order valence-electron chi connectivity index (χ1n) is 6.85. The zero-order valence-corrected chi connectivity index (χ0v) is 13.1. The van der Waals surface area contributed by atoms with Crippen molar-refractivity contribution in [2.75, 3.05) is 0 Å². The van der Waals surface area contributed by atoms with E-state index in [1.165, 1.54) is 23.0 Å². The van der Waals surface area contributed by atoms with Crippen LogP contribution < -0.4 is 0 Å². The molecule has 5 nitrogen and oxygen atoms in total. The van der Waals surface area contributed by atoms with E-state index in [1.54, 1.807) is 19.1 Å². The van der Waals surface area contributed by atoms with Crippen LogP contribution in [0.4, 0.5) is 8.78 Å². The van der Waals surface area contributed by atoms with Gasteiger partial charge in [0.25, 0.3) is 5.92 Å². The lowest BCUT2D eigenvalue weighted by Crippen LogP contribution is -2.12. The van der Waals surface area contributed by atoms with Crippen molar-refractivity contribution in [3.8, 4) is 5.82 Å². The summed E-state index contributed by atoms with van der Waals surface area (Å²) in [5.74, 6) is -2.85. The molecule has 3 aromatic rings. The second-order valence-corrected chi connectivity index (χ2v) is 5.65. The van der Waals surface area contributed by atoms with Crippen molar-refractivity contribution in [1.29, 1.82) is 0 Å². The van der Waals surface area contributed by atoms with Gasteiger partial charge in [-0.25, -0.2) is 14.6 Å². The number of aliphatic hydroxyl groups is 1. The van der Waals surface area contributed by atoms with E-state index in [-0.39, 0.29) is 16.7 Å². The standard InChI is InChI=1S/C15H13ClF2N4O/c1-8(23)14-9-7-19-12(16)6-10(9)22(21-14)13-5-3-4-11(20-13)15(2,17)18/h3-8,23H,1-2H3. The number of alkyl halides is 2.